The molecule has 0 aliphatic rings. The molecular formula is C10H18N2OS. The van der Waals surface area contributed by atoms with Crippen molar-refractivity contribution in [3.8, 4) is 0 Å². The third kappa shape index (κ3) is 3.35. The van der Waals surface area contributed by atoms with Crippen LogP contribution in [0.15, 0.2) is 6.07 Å². The van der Waals surface area contributed by atoms with E-state index in [4.69, 9.17) is 0 Å². The Morgan fingerprint density at radius 3 is 2.86 bits per heavy atom. The zero-order valence-electron chi connectivity index (χ0n) is 9.03. The van der Waals surface area contributed by atoms with Gasteiger partial charge in [0.15, 0.2) is 0 Å². The number of aromatic nitrogens is 2. The maximum atomic E-state index is 9.71. The first-order valence-electron chi connectivity index (χ1n) is 4.80. The van der Waals surface area contributed by atoms with Crippen LogP contribution in [0.25, 0.3) is 0 Å². The van der Waals surface area contributed by atoms with Crippen LogP contribution in [0.1, 0.15) is 17.8 Å². The van der Waals surface area contributed by atoms with Crippen molar-refractivity contribution in [2.75, 3.05) is 12.0 Å². The molecule has 1 unspecified atom stereocenters. The van der Waals surface area contributed by atoms with Gasteiger partial charge in [0.05, 0.1) is 11.8 Å². The minimum atomic E-state index is -0.239. The number of hydrogen-bond donors (Lipinski definition) is 1. The topological polar surface area (TPSA) is 38.1 Å². The van der Waals surface area contributed by atoms with Gasteiger partial charge in [-0.25, -0.2) is 0 Å². The summed E-state index contributed by atoms with van der Waals surface area (Å²) < 4.78 is 1.84. The molecule has 0 aliphatic heterocycles. The van der Waals surface area contributed by atoms with Crippen LogP contribution in [-0.2, 0) is 13.5 Å². The second-order valence-electron chi connectivity index (χ2n) is 3.54. The molecule has 0 radical (unpaired) electrons. The maximum Gasteiger partial charge on any atom is 0.0603 e. The average molecular weight is 214 g/mol. The quantitative estimate of drug-likeness (QED) is 0.805. The second-order valence-corrected chi connectivity index (χ2v) is 4.53. The fourth-order valence-electron chi connectivity index (χ4n) is 1.45. The summed E-state index contributed by atoms with van der Waals surface area (Å²) in [6.07, 6.45) is 3.38. The molecule has 1 aromatic rings. The van der Waals surface area contributed by atoms with Gasteiger partial charge in [-0.3, -0.25) is 4.68 Å². The van der Waals surface area contributed by atoms with Gasteiger partial charge in [-0.2, -0.15) is 16.9 Å². The molecule has 14 heavy (non-hydrogen) atoms. The molecule has 1 heterocycles. The number of thioether (sulfide) groups is 1. The summed E-state index contributed by atoms with van der Waals surface area (Å²) in [5.74, 6) is 1.01. The van der Waals surface area contributed by atoms with Gasteiger partial charge in [-0.05, 0) is 31.4 Å². The molecule has 0 bridgehead atoms. The molecular weight excluding hydrogens is 196 g/mol. The van der Waals surface area contributed by atoms with E-state index in [1.54, 1.807) is 11.8 Å². The van der Waals surface area contributed by atoms with Gasteiger partial charge in [0, 0.05) is 19.2 Å². The molecule has 80 valence electrons. The lowest BCUT2D eigenvalue weighted by molar-refractivity contribution is 0.169. The van der Waals surface area contributed by atoms with Crippen LogP contribution in [0.2, 0.25) is 0 Å². The highest BCUT2D eigenvalue weighted by molar-refractivity contribution is 7.98. The van der Waals surface area contributed by atoms with Gasteiger partial charge in [0.25, 0.3) is 0 Å². The summed E-state index contributed by atoms with van der Waals surface area (Å²) in [7, 11) is 1.92. The Balaban J connectivity index is 2.47. The van der Waals surface area contributed by atoms with Crippen molar-refractivity contribution in [3.63, 3.8) is 0 Å². The highest BCUT2D eigenvalue weighted by Crippen LogP contribution is 2.09. The zero-order valence-corrected chi connectivity index (χ0v) is 9.84. The van der Waals surface area contributed by atoms with E-state index >= 15 is 0 Å². The van der Waals surface area contributed by atoms with E-state index in [0.29, 0.717) is 6.42 Å². The van der Waals surface area contributed by atoms with Crippen molar-refractivity contribution in [2.24, 2.45) is 7.05 Å². The Hall–Kier alpha value is -0.480. The summed E-state index contributed by atoms with van der Waals surface area (Å²) in [5.41, 5.74) is 2.12. The van der Waals surface area contributed by atoms with E-state index < -0.39 is 0 Å². The molecule has 4 heteroatoms. The molecule has 1 rings (SSSR count). The lowest BCUT2D eigenvalue weighted by Crippen LogP contribution is -2.14. The Kier molecular flexibility index (Phi) is 4.48. The normalized spacial score (nSPS) is 13.1. The van der Waals surface area contributed by atoms with Crippen LogP contribution in [0, 0.1) is 6.92 Å². The molecule has 3 nitrogen and oxygen atoms in total. The van der Waals surface area contributed by atoms with Gasteiger partial charge < -0.3 is 5.11 Å². The number of rotatable bonds is 5. The molecule has 0 saturated carbocycles. The van der Waals surface area contributed by atoms with Gasteiger partial charge in [0.2, 0.25) is 0 Å². The van der Waals surface area contributed by atoms with Crippen molar-refractivity contribution in [3.05, 3.63) is 17.5 Å². The van der Waals surface area contributed by atoms with Crippen LogP contribution >= 0.6 is 11.8 Å². The number of aryl methyl sites for hydroxylation is 2. The molecule has 0 fully saturated rings. The SMILES string of the molecule is CSCCC(O)Cc1cc(C)nn1C. The van der Waals surface area contributed by atoms with Crippen molar-refractivity contribution >= 4 is 11.8 Å². The van der Waals surface area contributed by atoms with E-state index in [1.807, 2.05) is 24.7 Å². The monoisotopic (exact) mass is 214 g/mol. The maximum absolute atomic E-state index is 9.71. The first kappa shape index (κ1) is 11.6. The molecule has 0 spiro atoms. The molecule has 0 amide bonds. The lowest BCUT2D eigenvalue weighted by Gasteiger charge is -2.09. The fraction of sp³-hybridized carbons (Fsp3) is 0.700. The molecule has 1 aromatic heterocycles. The molecule has 0 saturated heterocycles. The van der Waals surface area contributed by atoms with Crippen LogP contribution in [0.4, 0.5) is 0 Å². The average Bonchev–Trinajstić information content (AvgIpc) is 2.42. The summed E-state index contributed by atoms with van der Waals surface area (Å²) in [4.78, 5) is 0. The van der Waals surface area contributed by atoms with Crippen molar-refractivity contribution < 1.29 is 5.11 Å². The summed E-state index contributed by atoms with van der Waals surface area (Å²) in [5, 5.41) is 14.0. The van der Waals surface area contributed by atoms with Crippen LogP contribution in [0.5, 0.6) is 0 Å². The summed E-state index contributed by atoms with van der Waals surface area (Å²) in [6.45, 7) is 1.97. The zero-order chi connectivity index (χ0) is 10.6. The minimum absolute atomic E-state index is 0.239. The van der Waals surface area contributed by atoms with Crippen molar-refractivity contribution in [1.82, 2.24) is 9.78 Å². The largest absolute Gasteiger partial charge is 0.393 e. The van der Waals surface area contributed by atoms with E-state index in [-0.39, 0.29) is 6.10 Å². The van der Waals surface area contributed by atoms with Crippen LogP contribution < -0.4 is 0 Å². The van der Waals surface area contributed by atoms with E-state index in [2.05, 4.69) is 11.4 Å². The minimum Gasteiger partial charge on any atom is -0.393 e. The number of nitrogens with zero attached hydrogens (tertiary/aromatic N) is 2. The molecule has 1 N–H and O–H groups in total. The number of hydrogen-bond acceptors (Lipinski definition) is 3. The Bertz CT molecular complexity index is 286. The lowest BCUT2D eigenvalue weighted by atomic mass is 10.1. The summed E-state index contributed by atoms with van der Waals surface area (Å²) >= 11 is 1.77. The van der Waals surface area contributed by atoms with Gasteiger partial charge in [-0.15, -0.1) is 0 Å². The van der Waals surface area contributed by atoms with Gasteiger partial charge in [-0.1, -0.05) is 0 Å². The highest BCUT2D eigenvalue weighted by Gasteiger charge is 2.08. The standard InChI is InChI=1S/C10H18N2OS/c1-8-6-9(12(2)11-8)7-10(13)4-5-14-3/h6,10,13H,4-5,7H2,1-3H3. The first-order valence-corrected chi connectivity index (χ1v) is 6.19. The fourth-order valence-corrected chi connectivity index (χ4v) is 1.96. The van der Waals surface area contributed by atoms with Gasteiger partial charge >= 0.3 is 0 Å². The third-order valence-corrected chi connectivity index (χ3v) is 2.84. The van der Waals surface area contributed by atoms with Crippen molar-refractivity contribution in [2.45, 2.75) is 25.9 Å². The first-order chi connectivity index (χ1) is 6.63. The van der Waals surface area contributed by atoms with Crippen LogP contribution in [0.3, 0.4) is 0 Å². The second kappa shape index (κ2) is 5.41. The molecule has 0 aliphatic carbocycles. The smallest absolute Gasteiger partial charge is 0.0603 e. The molecule has 1 atom stereocenters. The Morgan fingerprint density at radius 1 is 1.64 bits per heavy atom. The van der Waals surface area contributed by atoms with E-state index in [1.165, 1.54) is 0 Å². The number of aliphatic hydroxyl groups excluding tert-OH is 1. The highest BCUT2D eigenvalue weighted by atomic mass is 32.2. The Labute approximate surface area is 89.5 Å². The molecule has 0 aromatic carbocycles. The van der Waals surface area contributed by atoms with E-state index in [9.17, 15) is 5.11 Å². The van der Waals surface area contributed by atoms with E-state index in [0.717, 1.165) is 23.6 Å². The predicted molar refractivity (Wildman–Crippen MR) is 60.7 cm³/mol. The summed E-state index contributed by atoms with van der Waals surface area (Å²) in [6, 6.07) is 2.03. The third-order valence-electron chi connectivity index (χ3n) is 2.20. The van der Waals surface area contributed by atoms with Crippen molar-refractivity contribution in [1.29, 1.82) is 0 Å². The van der Waals surface area contributed by atoms with Crippen LogP contribution in [-0.4, -0.2) is 33.0 Å². The predicted octanol–water partition coefficient (Wildman–Crippen LogP) is 1.39. The number of aliphatic hydroxyl groups is 1. The Morgan fingerprint density at radius 2 is 2.36 bits per heavy atom. The van der Waals surface area contributed by atoms with Gasteiger partial charge in [0.1, 0.15) is 0 Å².